The predicted octanol–water partition coefficient (Wildman–Crippen LogP) is 7.08. The highest BCUT2D eigenvalue weighted by Gasteiger charge is 2.24. The van der Waals surface area contributed by atoms with Crippen LogP contribution in [0.3, 0.4) is 0 Å². The Morgan fingerprint density at radius 2 is 1.80 bits per heavy atom. The number of amides is 1. The second kappa shape index (κ2) is 13.2. The Labute approximate surface area is 248 Å². The third-order valence-corrected chi connectivity index (χ3v) is 8.24. The fourth-order valence-corrected chi connectivity index (χ4v) is 6.26. The molecule has 8 nitrogen and oxygen atoms in total. The lowest BCUT2D eigenvalue weighted by Gasteiger charge is -2.16. The van der Waals surface area contributed by atoms with E-state index in [1.54, 1.807) is 6.08 Å². The standard InChI is InChI=1S/C31H34N4O4S2/c1-8-11-35-28(22(6)39-23-13-19(3)12-20(4)14-23)33-34-31(35)41-17-26(36)32-29-27(30(37)38-7)25(16-40-29)24-15-18(2)9-10-21(24)5/h8-10,12-16,22H,1,11,17H2,2-7H3,(H,32,36). The number of hydrogen-bond donors (Lipinski definition) is 1. The topological polar surface area (TPSA) is 95.3 Å². The second-order valence-electron chi connectivity index (χ2n) is 9.82. The number of ether oxygens (including phenoxy) is 2. The fourth-order valence-electron chi connectivity index (χ4n) is 4.54. The van der Waals surface area contributed by atoms with E-state index in [-0.39, 0.29) is 17.8 Å². The molecule has 10 heteroatoms. The lowest BCUT2D eigenvalue weighted by atomic mass is 9.97. The Morgan fingerprint density at radius 3 is 2.49 bits per heavy atom. The lowest BCUT2D eigenvalue weighted by molar-refractivity contribution is -0.113. The number of hydrogen-bond acceptors (Lipinski definition) is 8. The van der Waals surface area contributed by atoms with Gasteiger partial charge in [0, 0.05) is 17.5 Å². The van der Waals surface area contributed by atoms with Gasteiger partial charge in [-0.1, -0.05) is 47.7 Å². The van der Waals surface area contributed by atoms with Crippen LogP contribution >= 0.6 is 23.1 Å². The van der Waals surface area contributed by atoms with Gasteiger partial charge in [-0.15, -0.1) is 28.1 Å². The van der Waals surface area contributed by atoms with Crippen molar-refractivity contribution in [3.63, 3.8) is 0 Å². The monoisotopic (exact) mass is 590 g/mol. The van der Waals surface area contributed by atoms with E-state index in [9.17, 15) is 9.59 Å². The first-order valence-corrected chi connectivity index (χ1v) is 15.0. The zero-order valence-corrected chi connectivity index (χ0v) is 25.7. The van der Waals surface area contributed by atoms with Gasteiger partial charge in [-0.25, -0.2) is 4.79 Å². The molecule has 1 N–H and O–H groups in total. The molecule has 0 aliphatic rings. The number of benzene rings is 2. The number of esters is 1. The van der Waals surface area contributed by atoms with Gasteiger partial charge < -0.3 is 14.8 Å². The van der Waals surface area contributed by atoms with Crippen molar-refractivity contribution in [1.29, 1.82) is 0 Å². The van der Waals surface area contributed by atoms with Crippen molar-refractivity contribution < 1.29 is 19.1 Å². The van der Waals surface area contributed by atoms with Crippen LogP contribution in [0.4, 0.5) is 5.00 Å². The molecule has 0 aliphatic heterocycles. The molecule has 0 saturated heterocycles. The van der Waals surface area contributed by atoms with E-state index in [2.05, 4.69) is 28.2 Å². The molecule has 1 amide bonds. The Morgan fingerprint density at radius 1 is 1.07 bits per heavy atom. The van der Waals surface area contributed by atoms with Crippen LogP contribution in [0.15, 0.2) is 59.6 Å². The van der Waals surface area contributed by atoms with Crippen molar-refractivity contribution in [3.05, 3.63) is 88.1 Å². The van der Waals surface area contributed by atoms with Crippen LogP contribution in [0.1, 0.15) is 51.5 Å². The molecule has 0 aliphatic carbocycles. The van der Waals surface area contributed by atoms with E-state index in [1.807, 2.05) is 74.9 Å². The molecular weight excluding hydrogens is 556 g/mol. The number of aryl methyl sites for hydroxylation is 4. The summed E-state index contributed by atoms with van der Waals surface area (Å²) in [4.78, 5) is 25.8. The minimum Gasteiger partial charge on any atom is -0.483 e. The molecule has 0 saturated carbocycles. The summed E-state index contributed by atoms with van der Waals surface area (Å²) in [6.07, 6.45) is 1.38. The molecule has 4 rings (SSSR count). The van der Waals surface area contributed by atoms with Gasteiger partial charge in [0.1, 0.15) is 16.3 Å². The summed E-state index contributed by atoms with van der Waals surface area (Å²) < 4.78 is 13.1. The molecule has 0 fully saturated rings. The molecule has 1 unspecified atom stereocenters. The van der Waals surface area contributed by atoms with Crippen molar-refractivity contribution in [2.45, 2.75) is 52.4 Å². The Bertz CT molecular complexity index is 1570. The Hall–Kier alpha value is -3.89. The zero-order valence-electron chi connectivity index (χ0n) is 24.1. The van der Waals surface area contributed by atoms with Crippen LogP contribution in [0.25, 0.3) is 11.1 Å². The number of nitrogens with zero attached hydrogens (tertiary/aromatic N) is 3. The number of anilines is 1. The van der Waals surface area contributed by atoms with E-state index < -0.39 is 5.97 Å². The molecule has 2 aromatic carbocycles. The SMILES string of the molecule is C=CCn1c(SCC(=O)Nc2scc(-c3cc(C)ccc3C)c2C(=O)OC)nnc1C(C)Oc1cc(C)cc(C)c1. The number of carbonyl (C=O) groups is 2. The van der Waals surface area contributed by atoms with Crippen LogP contribution < -0.4 is 10.1 Å². The summed E-state index contributed by atoms with van der Waals surface area (Å²) in [6.45, 7) is 14.3. The first-order chi connectivity index (χ1) is 19.6. The lowest BCUT2D eigenvalue weighted by Crippen LogP contribution is -2.17. The van der Waals surface area contributed by atoms with Gasteiger partial charge in [0.05, 0.1) is 12.9 Å². The highest BCUT2D eigenvalue weighted by atomic mass is 32.2. The molecule has 0 radical (unpaired) electrons. The highest BCUT2D eigenvalue weighted by Crippen LogP contribution is 2.38. The maximum Gasteiger partial charge on any atom is 0.341 e. The fraction of sp³-hybridized carbons (Fsp3) is 0.290. The van der Waals surface area contributed by atoms with Crippen molar-refractivity contribution in [2.24, 2.45) is 0 Å². The van der Waals surface area contributed by atoms with E-state index >= 15 is 0 Å². The first kappa shape index (κ1) is 30.1. The average Bonchev–Trinajstić information content (AvgIpc) is 3.52. The maximum atomic E-state index is 13.1. The Kier molecular flexibility index (Phi) is 9.67. The normalized spacial score (nSPS) is 11.7. The van der Waals surface area contributed by atoms with E-state index in [4.69, 9.17) is 9.47 Å². The molecule has 2 aromatic heterocycles. The molecule has 4 aromatic rings. The molecule has 1 atom stereocenters. The number of thioether (sulfide) groups is 1. The summed E-state index contributed by atoms with van der Waals surface area (Å²) >= 11 is 2.55. The smallest absolute Gasteiger partial charge is 0.341 e. The van der Waals surface area contributed by atoms with Gasteiger partial charge in [-0.2, -0.15) is 0 Å². The van der Waals surface area contributed by atoms with Crippen LogP contribution in [-0.2, 0) is 16.1 Å². The number of thiophene rings is 1. The van der Waals surface area contributed by atoms with Crippen LogP contribution in [-0.4, -0.2) is 39.5 Å². The number of nitrogens with one attached hydrogen (secondary N) is 1. The highest BCUT2D eigenvalue weighted by molar-refractivity contribution is 7.99. The minimum absolute atomic E-state index is 0.0684. The second-order valence-corrected chi connectivity index (χ2v) is 11.6. The molecule has 0 bridgehead atoms. The van der Waals surface area contributed by atoms with Gasteiger partial charge in [0.15, 0.2) is 17.1 Å². The molecule has 41 heavy (non-hydrogen) atoms. The third kappa shape index (κ3) is 7.07. The third-order valence-electron chi connectivity index (χ3n) is 6.38. The molecule has 214 valence electrons. The van der Waals surface area contributed by atoms with E-state index in [0.717, 1.165) is 39.1 Å². The quantitative estimate of drug-likeness (QED) is 0.113. The van der Waals surface area contributed by atoms with Crippen molar-refractivity contribution >= 4 is 40.0 Å². The summed E-state index contributed by atoms with van der Waals surface area (Å²) in [6, 6.07) is 12.1. The van der Waals surface area contributed by atoms with Crippen molar-refractivity contribution in [3.8, 4) is 16.9 Å². The van der Waals surface area contributed by atoms with Gasteiger partial charge in [0.25, 0.3) is 0 Å². The number of carbonyl (C=O) groups excluding carboxylic acids is 2. The average molecular weight is 591 g/mol. The van der Waals surface area contributed by atoms with Gasteiger partial charge in [0.2, 0.25) is 5.91 Å². The predicted molar refractivity (Wildman–Crippen MR) is 165 cm³/mol. The number of aromatic nitrogens is 3. The maximum absolute atomic E-state index is 13.1. The van der Waals surface area contributed by atoms with Crippen molar-refractivity contribution in [1.82, 2.24) is 14.8 Å². The molecular formula is C31H34N4O4S2. The van der Waals surface area contributed by atoms with E-state index in [0.29, 0.717) is 28.1 Å². The molecule has 0 spiro atoms. The summed E-state index contributed by atoms with van der Waals surface area (Å²) in [5.41, 5.74) is 6.34. The summed E-state index contributed by atoms with van der Waals surface area (Å²) in [5.74, 6) is 0.687. The van der Waals surface area contributed by atoms with E-state index in [1.165, 1.54) is 30.2 Å². The summed E-state index contributed by atoms with van der Waals surface area (Å²) in [7, 11) is 1.34. The summed E-state index contributed by atoms with van der Waals surface area (Å²) in [5, 5.41) is 14.5. The number of rotatable bonds is 11. The van der Waals surface area contributed by atoms with Gasteiger partial charge in [-0.05, 0) is 69.0 Å². The van der Waals surface area contributed by atoms with Crippen LogP contribution in [0.2, 0.25) is 0 Å². The number of methoxy groups -OCH3 is 1. The number of allylic oxidation sites excluding steroid dienone is 1. The van der Waals surface area contributed by atoms with Crippen molar-refractivity contribution in [2.75, 3.05) is 18.2 Å². The zero-order chi connectivity index (χ0) is 29.7. The largest absolute Gasteiger partial charge is 0.483 e. The van der Waals surface area contributed by atoms with Crippen LogP contribution in [0.5, 0.6) is 5.75 Å². The molecule has 2 heterocycles. The van der Waals surface area contributed by atoms with Crippen LogP contribution in [0, 0.1) is 27.7 Å². The van der Waals surface area contributed by atoms with Gasteiger partial charge in [-0.3, -0.25) is 9.36 Å². The Balaban J connectivity index is 1.50. The first-order valence-electron chi connectivity index (χ1n) is 13.1. The minimum atomic E-state index is -0.502. The van der Waals surface area contributed by atoms with Gasteiger partial charge >= 0.3 is 5.97 Å².